The minimum atomic E-state index is -0.620. The minimum absolute atomic E-state index is 0.274. The van der Waals surface area contributed by atoms with Gasteiger partial charge in [0.1, 0.15) is 11.2 Å². The highest BCUT2D eigenvalue weighted by Gasteiger charge is 2.22. The lowest BCUT2D eigenvalue weighted by Crippen LogP contribution is -2.51. The molecule has 3 N–H and O–H groups in total. The SMILES string of the molecule is CC(C)(C)OC(=O)NC(CNC[C@@H](COCc1ccccc1)NC(=O)OC(C)(C)C)COCc1ccccc1. The highest BCUT2D eigenvalue weighted by molar-refractivity contribution is 5.68. The molecule has 2 aromatic rings. The number of amides is 2. The van der Waals surface area contributed by atoms with E-state index < -0.39 is 23.4 Å². The predicted octanol–water partition coefficient (Wildman–Crippen LogP) is 4.80. The summed E-state index contributed by atoms with van der Waals surface area (Å²) in [5, 5.41) is 9.08. The molecule has 2 aromatic carbocycles. The first-order valence-corrected chi connectivity index (χ1v) is 13.3. The number of benzene rings is 2. The molecule has 0 aliphatic heterocycles. The van der Waals surface area contributed by atoms with Crippen molar-refractivity contribution in [1.29, 1.82) is 0 Å². The third-order valence-electron chi connectivity index (χ3n) is 5.08. The number of hydrogen-bond donors (Lipinski definition) is 3. The molecule has 0 aromatic heterocycles. The molecule has 1 unspecified atom stereocenters. The molecule has 216 valence electrons. The number of carbonyl (C=O) groups is 2. The van der Waals surface area contributed by atoms with Crippen LogP contribution >= 0.6 is 0 Å². The lowest BCUT2D eigenvalue weighted by atomic mass is 10.2. The lowest BCUT2D eigenvalue weighted by Gasteiger charge is -2.26. The van der Waals surface area contributed by atoms with Gasteiger partial charge in [0.05, 0.1) is 38.5 Å². The molecule has 39 heavy (non-hydrogen) atoms. The van der Waals surface area contributed by atoms with E-state index in [0.717, 1.165) is 11.1 Å². The van der Waals surface area contributed by atoms with Gasteiger partial charge in [0, 0.05) is 13.1 Å². The Hall–Kier alpha value is -3.14. The van der Waals surface area contributed by atoms with Crippen LogP contribution < -0.4 is 16.0 Å². The zero-order valence-corrected chi connectivity index (χ0v) is 24.1. The molecule has 0 bridgehead atoms. The van der Waals surface area contributed by atoms with Crippen molar-refractivity contribution in [2.75, 3.05) is 26.3 Å². The highest BCUT2D eigenvalue weighted by Crippen LogP contribution is 2.09. The molecule has 9 heteroatoms. The maximum absolute atomic E-state index is 12.4. The van der Waals surface area contributed by atoms with Crippen LogP contribution in [0, 0.1) is 0 Å². The standard InChI is InChI=1S/C30H45N3O6/c1-29(2,3)38-27(34)32-25(21-36-19-23-13-9-7-10-14-23)17-31-18-26(33-28(35)39-30(4,5)6)22-37-20-24-15-11-8-12-16-24/h7-16,25-26,31H,17-22H2,1-6H3,(H,32,34)(H,33,35)/t25-,26?/m0/s1. The molecule has 0 heterocycles. The molecule has 0 aliphatic rings. The van der Waals surface area contributed by atoms with Gasteiger partial charge >= 0.3 is 12.2 Å². The molecule has 0 fully saturated rings. The van der Waals surface area contributed by atoms with E-state index in [0.29, 0.717) is 26.3 Å². The van der Waals surface area contributed by atoms with Crippen LogP contribution in [0.5, 0.6) is 0 Å². The fourth-order valence-electron chi connectivity index (χ4n) is 3.47. The number of rotatable bonds is 14. The number of alkyl carbamates (subject to hydrolysis) is 2. The van der Waals surface area contributed by atoms with Gasteiger partial charge in [0.25, 0.3) is 0 Å². The van der Waals surface area contributed by atoms with Gasteiger partial charge in [-0.15, -0.1) is 0 Å². The second kappa shape index (κ2) is 16.1. The van der Waals surface area contributed by atoms with Crippen LogP contribution in [-0.4, -0.2) is 61.8 Å². The maximum atomic E-state index is 12.4. The van der Waals surface area contributed by atoms with Crippen molar-refractivity contribution in [2.24, 2.45) is 0 Å². The highest BCUT2D eigenvalue weighted by atomic mass is 16.6. The molecular weight excluding hydrogens is 498 g/mol. The van der Waals surface area contributed by atoms with Crippen molar-refractivity contribution in [3.63, 3.8) is 0 Å². The fourth-order valence-corrected chi connectivity index (χ4v) is 3.47. The monoisotopic (exact) mass is 543 g/mol. The van der Waals surface area contributed by atoms with Gasteiger partial charge in [-0.2, -0.15) is 0 Å². The third-order valence-corrected chi connectivity index (χ3v) is 5.08. The molecule has 0 saturated heterocycles. The van der Waals surface area contributed by atoms with Gasteiger partial charge in [-0.1, -0.05) is 60.7 Å². The summed E-state index contributed by atoms with van der Waals surface area (Å²) in [4.78, 5) is 24.9. The van der Waals surface area contributed by atoms with Crippen molar-refractivity contribution in [2.45, 2.75) is 78.0 Å². The first-order valence-electron chi connectivity index (χ1n) is 13.3. The first-order chi connectivity index (χ1) is 18.4. The van der Waals surface area contributed by atoms with Crippen molar-refractivity contribution >= 4 is 12.2 Å². The molecule has 0 aliphatic carbocycles. The summed E-state index contributed by atoms with van der Waals surface area (Å²) in [6.07, 6.45) is -1.04. The number of carbonyl (C=O) groups excluding carboxylic acids is 2. The van der Waals surface area contributed by atoms with E-state index in [4.69, 9.17) is 18.9 Å². The number of nitrogens with one attached hydrogen (secondary N) is 3. The smallest absolute Gasteiger partial charge is 0.407 e. The second-order valence-electron chi connectivity index (χ2n) is 11.3. The molecule has 0 spiro atoms. The zero-order chi connectivity index (χ0) is 28.7. The van der Waals surface area contributed by atoms with Crippen LogP contribution in [0.1, 0.15) is 52.7 Å². The van der Waals surface area contributed by atoms with Crippen molar-refractivity contribution in [3.8, 4) is 0 Å². The topological polar surface area (TPSA) is 107 Å². The summed E-state index contributed by atoms with van der Waals surface area (Å²) in [5.74, 6) is 0. The van der Waals surface area contributed by atoms with Gasteiger partial charge in [0.15, 0.2) is 0 Å². The van der Waals surface area contributed by atoms with E-state index in [1.165, 1.54) is 0 Å². The zero-order valence-electron chi connectivity index (χ0n) is 24.1. The van der Waals surface area contributed by atoms with Gasteiger partial charge in [-0.25, -0.2) is 9.59 Å². The Kier molecular flexibility index (Phi) is 13.2. The summed E-state index contributed by atoms with van der Waals surface area (Å²) in [6, 6.07) is 18.9. The summed E-state index contributed by atoms with van der Waals surface area (Å²) >= 11 is 0. The van der Waals surface area contributed by atoms with E-state index in [-0.39, 0.29) is 25.3 Å². The van der Waals surface area contributed by atoms with E-state index >= 15 is 0 Å². The molecule has 2 atom stereocenters. The fraction of sp³-hybridized carbons (Fsp3) is 0.533. The minimum Gasteiger partial charge on any atom is -0.444 e. The predicted molar refractivity (Wildman–Crippen MR) is 151 cm³/mol. The number of hydrogen-bond acceptors (Lipinski definition) is 7. The van der Waals surface area contributed by atoms with Gasteiger partial charge < -0.3 is 34.9 Å². The molecule has 2 rings (SSSR count). The average molecular weight is 544 g/mol. The second-order valence-corrected chi connectivity index (χ2v) is 11.3. The van der Waals surface area contributed by atoms with Crippen LogP contribution in [0.15, 0.2) is 60.7 Å². The molecule has 0 radical (unpaired) electrons. The van der Waals surface area contributed by atoms with Crippen LogP contribution in [0.2, 0.25) is 0 Å². The normalized spacial score (nSPS) is 13.3. The van der Waals surface area contributed by atoms with Crippen LogP contribution in [0.25, 0.3) is 0 Å². The summed E-state index contributed by atoms with van der Waals surface area (Å²) in [6.45, 7) is 13.0. The van der Waals surface area contributed by atoms with E-state index in [2.05, 4.69) is 16.0 Å². The Labute approximate surface area is 232 Å². The van der Waals surface area contributed by atoms with E-state index in [1.807, 2.05) is 102 Å². The Morgan fingerprint density at radius 2 is 1.00 bits per heavy atom. The quantitative estimate of drug-likeness (QED) is 0.314. The summed E-state index contributed by atoms with van der Waals surface area (Å²) < 4.78 is 22.6. The Balaban J connectivity index is 1.94. The largest absolute Gasteiger partial charge is 0.444 e. The number of ether oxygens (including phenoxy) is 4. The van der Waals surface area contributed by atoms with Gasteiger partial charge in [-0.05, 0) is 52.7 Å². The molecular formula is C30H45N3O6. The van der Waals surface area contributed by atoms with Crippen LogP contribution in [-0.2, 0) is 32.2 Å². The first kappa shape index (κ1) is 32.1. The van der Waals surface area contributed by atoms with Crippen molar-refractivity contribution in [3.05, 3.63) is 71.8 Å². The Morgan fingerprint density at radius 1 is 0.641 bits per heavy atom. The van der Waals surface area contributed by atoms with Crippen molar-refractivity contribution in [1.82, 2.24) is 16.0 Å². The van der Waals surface area contributed by atoms with E-state index in [1.54, 1.807) is 0 Å². The summed E-state index contributed by atoms with van der Waals surface area (Å²) in [7, 11) is 0. The van der Waals surface area contributed by atoms with Gasteiger partial charge in [-0.3, -0.25) is 0 Å². The van der Waals surface area contributed by atoms with Crippen molar-refractivity contribution < 1.29 is 28.5 Å². The van der Waals surface area contributed by atoms with Gasteiger partial charge in [0.2, 0.25) is 0 Å². The lowest BCUT2D eigenvalue weighted by molar-refractivity contribution is 0.0416. The average Bonchev–Trinajstić information content (AvgIpc) is 2.82. The molecule has 9 nitrogen and oxygen atoms in total. The Bertz CT molecular complexity index is 894. The van der Waals surface area contributed by atoms with Crippen LogP contribution in [0.4, 0.5) is 9.59 Å². The molecule has 2 amide bonds. The molecule has 0 saturated carbocycles. The Morgan fingerprint density at radius 3 is 1.33 bits per heavy atom. The third kappa shape index (κ3) is 15.8. The van der Waals surface area contributed by atoms with Crippen LogP contribution in [0.3, 0.4) is 0 Å². The maximum Gasteiger partial charge on any atom is 0.407 e. The summed E-state index contributed by atoms with van der Waals surface area (Å²) in [5.41, 5.74) is 0.842. The van der Waals surface area contributed by atoms with E-state index in [9.17, 15) is 9.59 Å².